The zero-order chi connectivity index (χ0) is 11.2. The largest absolute Gasteiger partial charge is 0.381 e. The molecule has 0 aromatic heterocycles. The molecule has 0 amide bonds. The van der Waals surface area contributed by atoms with E-state index in [1.54, 1.807) is 0 Å². The van der Waals surface area contributed by atoms with Crippen LogP contribution in [0.15, 0.2) is 23.3 Å². The molecule has 0 fully saturated rings. The van der Waals surface area contributed by atoms with Crippen LogP contribution in [0.3, 0.4) is 0 Å². The third-order valence-electron chi connectivity index (χ3n) is 2.84. The zero-order valence-corrected chi connectivity index (χ0v) is 11.2. The molecule has 2 heteroatoms. The summed E-state index contributed by atoms with van der Waals surface area (Å²) in [6, 6.07) is 0. The van der Waals surface area contributed by atoms with Crippen LogP contribution < -0.4 is 0 Å². The number of halogens is 1. The van der Waals surface area contributed by atoms with Crippen LogP contribution in [0.25, 0.3) is 0 Å². The number of rotatable bonds is 5. The fourth-order valence-corrected chi connectivity index (χ4v) is 1.79. The van der Waals surface area contributed by atoms with Gasteiger partial charge in [-0.2, -0.15) is 0 Å². The Kier molecular flexibility index (Phi) is 6.38. The number of allylic oxidation sites excluding steroid dienone is 2. The maximum absolute atomic E-state index is 10.5. The van der Waals surface area contributed by atoms with Gasteiger partial charge >= 0.3 is 0 Å². The van der Waals surface area contributed by atoms with Gasteiger partial charge in [-0.3, -0.25) is 0 Å². The molecule has 0 bridgehead atoms. The standard InChI is InChI=1S/C12H21BrO/c1-5-10(3)12(14,8-7-9-13)11(4)6-2/h5-6,14H,7-9H2,1-4H3. The molecule has 1 N–H and O–H groups in total. The van der Waals surface area contributed by atoms with E-state index in [4.69, 9.17) is 0 Å². The van der Waals surface area contributed by atoms with E-state index in [9.17, 15) is 5.11 Å². The van der Waals surface area contributed by atoms with Crippen molar-refractivity contribution >= 4 is 15.9 Å². The van der Waals surface area contributed by atoms with Crippen molar-refractivity contribution < 1.29 is 5.11 Å². The van der Waals surface area contributed by atoms with E-state index in [1.165, 1.54) is 0 Å². The van der Waals surface area contributed by atoms with Crippen LogP contribution in [0.4, 0.5) is 0 Å². The second kappa shape index (κ2) is 6.41. The van der Waals surface area contributed by atoms with Gasteiger partial charge in [-0.05, 0) is 51.7 Å². The monoisotopic (exact) mass is 260 g/mol. The first-order chi connectivity index (χ1) is 6.52. The van der Waals surface area contributed by atoms with Gasteiger partial charge in [-0.1, -0.05) is 28.1 Å². The predicted molar refractivity (Wildman–Crippen MR) is 66.8 cm³/mol. The SMILES string of the molecule is CC=C(C)C(O)(CCCBr)C(C)=CC. The summed E-state index contributed by atoms with van der Waals surface area (Å²) in [6.45, 7) is 7.91. The van der Waals surface area contributed by atoms with E-state index >= 15 is 0 Å². The smallest absolute Gasteiger partial charge is 0.106 e. The molecule has 0 spiro atoms. The van der Waals surface area contributed by atoms with Crippen molar-refractivity contribution in [2.24, 2.45) is 0 Å². The number of hydrogen-bond acceptors (Lipinski definition) is 1. The van der Waals surface area contributed by atoms with E-state index in [0.717, 1.165) is 29.3 Å². The fourth-order valence-electron chi connectivity index (χ4n) is 1.51. The van der Waals surface area contributed by atoms with Crippen LogP contribution in [0, 0.1) is 0 Å². The summed E-state index contributed by atoms with van der Waals surface area (Å²) in [4.78, 5) is 0. The number of hydrogen-bond donors (Lipinski definition) is 1. The van der Waals surface area contributed by atoms with E-state index in [1.807, 2.05) is 39.8 Å². The third-order valence-corrected chi connectivity index (χ3v) is 3.40. The van der Waals surface area contributed by atoms with Crippen molar-refractivity contribution in [1.82, 2.24) is 0 Å². The first-order valence-electron chi connectivity index (χ1n) is 5.08. The van der Waals surface area contributed by atoms with Crippen molar-refractivity contribution in [1.29, 1.82) is 0 Å². The minimum Gasteiger partial charge on any atom is -0.381 e. The minimum atomic E-state index is -0.739. The molecule has 0 atom stereocenters. The Morgan fingerprint density at radius 2 is 1.64 bits per heavy atom. The van der Waals surface area contributed by atoms with Gasteiger partial charge in [-0.15, -0.1) is 0 Å². The lowest BCUT2D eigenvalue weighted by Crippen LogP contribution is -2.31. The molecule has 14 heavy (non-hydrogen) atoms. The Morgan fingerprint density at radius 1 is 1.21 bits per heavy atom. The molecular weight excluding hydrogens is 240 g/mol. The average Bonchev–Trinajstić information content (AvgIpc) is 2.23. The molecule has 0 aliphatic heterocycles. The molecule has 0 saturated carbocycles. The van der Waals surface area contributed by atoms with Crippen LogP contribution in [-0.2, 0) is 0 Å². The van der Waals surface area contributed by atoms with Gasteiger partial charge in [0, 0.05) is 5.33 Å². The summed E-state index contributed by atoms with van der Waals surface area (Å²) in [6.07, 6.45) is 5.74. The van der Waals surface area contributed by atoms with Gasteiger partial charge in [0.25, 0.3) is 0 Å². The van der Waals surface area contributed by atoms with Gasteiger partial charge in [0.15, 0.2) is 0 Å². The molecule has 0 radical (unpaired) electrons. The van der Waals surface area contributed by atoms with Gasteiger partial charge in [-0.25, -0.2) is 0 Å². The van der Waals surface area contributed by atoms with E-state index in [2.05, 4.69) is 15.9 Å². The Hall–Kier alpha value is -0.0800. The highest BCUT2D eigenvalue weighted by atomic mass is 79.9. The maximum Gasteiger partial charge on any atom is 0.106 e. The lowest BCUT2D eigenvalue weighted by Gasteiger charge is -2.30. The maximum atomic E-state index is 10.5. The molecule has 0 aromatic carbocycles. The molecule has 82 valence electrons. The van der Waals surface area contributed by atoms with Gasteiger partial charge in [0.2, 0.25) is 0 Å². The highest BCUT2D eigenvalue weighted by molar-refractivity contribution is 9.09. The van der Waals surface area contributed by atoms with Crippen molar-refractivity contribution in [3.8, 4) is 0 Å². The highest BCUT2D eigenvalue weighted by Crippen LogP contribution is 2.30. The topological polar surface area (TPSA) is 20.2 Å². The van der Waals surface area contributed by atoms with E-state index < -0.39 is 5.60 Å². The van der Waals surface area contributed by atoms with Crippen molar-refractivity contribution in [3.63, 3.8) is 0 Å². The second-order valence-corrected chi connectivity index (χ2v) is 4.39. The molecule has 0 aromatic rings. The second-order valence-electron chi connectivity index (χ2n) is 3.60. The number of alkyl halides is 1. The summed E-state index contributed by atoms with van der Waals surface area (Å²) in [7, 11) is 0. The Morgan fingerprint density at radius 3 is 1.93 bits per heavy atom. The molecule has 0 rings (SSSR count). The van der Waals surface area contributed by atoms with Gasteiger partial charge in [0.05, 0.1) is 0 Å². The Labute approximate surface area is 96.0 Å². The fraction of sp³-hybridized carbons (Fsp3) is 0.667. The van der Waals surface area contributed by atoms with Crippen LogP contribution in [0.1, 0.15) is 40.5 Å². The summed E-state index contributed by atoms with van der Waals surface area (Å²) in [5, 5.41) is 11.5. The van der Waals surface area contributed by atoms with Crippen molar-refractivity contribution in [2.75, 3.05) is 5.33 Å². The first kappa shape index (κ1) is 13.9. The lowest BCUT2D eigenvalue weighted by molar-refractivity contribution is 0.106. The van der Waals surface area contributed by atoms with Crippen LogP contribution >= 0.6 is 15.9 Å². The summed E-state index contributed by atoms with van der Waals surface area (Å²) >= 11 is 3.39. The molecule has 0 aliphatic rings. The normalized spacial score (nSPS) is 18.1. The highest BCUT2D eigenvalue weighted by Gasteiger charge is 2.29. The van der Waals surface area contributed by atoms with Gasteiger partial charge < -0.3 is 5.11 Å². The molecule has 0 saturated heterocycles. The predicted octanol–water partition coefficient (Wildman–Crippen LogP) is 3.83. The third kappa shape index (κ3) is 3.25. The Bertz CT molecular complexity index is 210. The van der Waals surface area contributed by atoms with E-state index in [0.29, 0.717) is 0 Å². The van der Waals surface area contributed by atoms with Crippen molar-refractivity contribution in [2.45, 2.75) is 46.1 Å². The average molecular weight is 261 g/mol. The first-order valence-corrected chi connectivity index (χ1v) is 6.20. The molecule has 0 unspecified atom stereocenters. The molecule has 0 heterocycles. The zero-order valence-electron chi connectivity index (χ0n) is 9.60. The minimum absolute atomic E-state index is 0.739. The van der Waals surface area contributed by atoms with Crippen LogP contribution in [0.2, 0.25) is 0 Å². The summed E-state index contributed by atoms with van der Waals surface area (Å²) in [5.74, 6) is 0. The Balaban J connectivity index is 4.85. The summed E-state index contributed by atoms with van der Waals surface area (Å²) < 4.78 is 0. The van der Waals surface area contributed by atoms with Crippen molar-refractivity contribution in [3.05, 3.63) is 23.3 Å². The number of aliphatic hydroxyl groups is 1. The lowest BCUT2D eigenvalue weighted by atomic mass is 9.83. The van der Waals surface area contributed by atoms with E-state index in [-0.39, 0.29) is 0 Å². The van der Waals surface area contributed by atoms with Gasteiger partial charge in [0.1, 0.15) is 5.60 Å². The summed E-state index contributed by atoms with van der Waals surface area (Å²) in [5.41, 5.74) is 1.33. The molecular formula is C12H21BrO. The van der Waals surface area contributed by atoms with Crippen LogP contribution in [-0.4, -0.2) is 16.0 Å². The quantitative estimate of drug-likeness (QED) is 0.589. The van der Waals surface area contributed by atoms with Crippen LogP contribution in [0.5, 0.6) is 0 Å². The molecule has 0 aliphatic carbocycles. The molecule has 1 nitrogen and oxygen atoms in total.